The molecule has 0 aliphatic carbocycles. The van der Waals surface area contributed by atoms with Gasteiger partial charge in [0.15, 0.2) is 5.13 Å². The van der Waals surface area contributed by atoms with E-state index in [1.165, 1.54) is 34.2 Å². The van der Waals surface area contributed by atoms with Gasteiger partial charge in [-0.15, -0.1) is 11.3 Å². The molecule has 0 aliphatic rings. The molecule has 2 aromatic heterocycles. The first-order valence-electron chi connectivity index (χ1n) is 4.96. The van der Waals surface area contributed by atoms with Crippen molar-refractivity contribution in [3.63, 3.8) is 0 Å². The number of aromatic nitrogens is 2. The maximum Gasteiger partial charge on any atom is 0.258 e. The lowest BCUT2D eigenvalue weighted by atomic mass is 10.2. The molecule has 2 aromatic rings. The van der Waals surface area contributed by atoms with Crippen LogP contribution in [-0.4, -0.2) is 15.5 Å². The Bertz CT molecular complexity index is 615. The summed E-state index contributed by atoms with van der Waals surface area (Å²) in [4.78, 5) is 27.1. The molecule has 0 atom stereocenters. The van der Waals surface area contributed by atoms with Gasteiger partial charge in [0.2, 0.25) is 5.56 Å². The van der Waals surface area contributed by atoms with Gasteiger partial charge in [0.1, 0.15) is 0 Å². The van der Waals surface area contributed by atoms with Crippen LogP contribution in [0.5, 0.6) is 0 Å². The first-order chi connectivity index (χ1) is 8.06. The SMILES string of the molecule is Cc1csc(NC(=O)c2ccc(=O)n(C)c2)n1. The molecule has 0 saturated carbocycles. The zero-order valence-electron chi connectivity index (χ0n) is 9.43. The zero-order chi connectivity index (χ0) is 12.4. The highest BCUT2D eigenvalue weighted by Gasteiger charge is 2.08. The molecule has 0 unspecified atom stereocenters. The molecule has 0 fully saturated rings. The number of nitrogens with zero attached hydrogens (tertiary/aromatic N) is 2. The minimum Gasteiger partial charge on any atom is -0.318 e. The van der Waals surface area contributed by atoms with Crippen molar-refractivity contribution in [2.75, 3.05) is 5.32 Å². The number of hydrogen-bond donors (Lipinski definition) is 1. The van der Waals surface area contributed by atoms with Crippen molar-refractivity contribution in [1.82, 2.24) is 9.55 Å². The number of anilines is 1. The Kier molecular flexibility index (Phi) is 3.06. The number of carbonyl (C=O) groups excluding carboxylic acids is 1. The van der Waals surface area contributed by atoms with E-state index in [4.69, 9.17) is 0 Å². The Morgan fingerprint density at radius 2 is 2.24 bits per heavy atom. The second-order valence-corrected chi connectivity index (χ2v) is 4.47. The number of hydrogen-bond acceptors (Lipinski definition) is 4. The number of aryl methyl sites for hydroxylation is 2. The summed E-state index contributed by atoms with van der Waals surface area (Å²) in [5, 5.41) is 5.09. The summed E-state index contributed by atoms with van der Waals surface area (Å²) < 4.78 is 1.36. The number of amides is 1. The van der Waals surface area contributed by atoms with Gasteiger partial charge in [-0.2, -0.15) is 0 Å². The van der Waals surface area contributed by atoms with Crippen LogP contribution in [0.25, 0.3) is 0 Å². The molecule has 0 radical (unpaired) electrons. The van der Waals surface area contributed by atoms with E-state index in [9.17, 15) is 9.59 Å². The van der Waals surface area contributed by atoms with Crippen molar-refractivity contribution < 1.29 is 4.79 Å². The van der Waals surface area contributed by atoms with E-state index in [0.29, 0.717) is 10.7 Å². The van der Waals surface area contributed by atoms with Crippen LogP contribution in [0, 0.1) is 6.92 Å². The molecular weight excluding hydrogens is 238 g/mol. The third-order valence-electron chi connectivity index (χ3n) is 2.19. The Hall–Kier alpha value is -1.95. The van der Waals surface area contributed by atoms with E-state index < -0.39 is 0 Å². The third-order valence-corrected chi connectivity index (χ3v) is 3.06. The molecule has 0 aromatic carbocycles. The monoisotopic (exact) mass is 249 g/mol. The van der Waals surface area contributed by atoms with Crippen molar-refractivity contribution >= 4 is 22.4 Å². The molecule has 0 spiro atoms. The van der Waals surface area contributed by atoms with E-state index >= 15 is 0 Å². The maximum atomic E-state index is 11.8. The first-order valence-corrected chi connectivity index (χ1v) is 5.84. The van der Waals surface area contributed by atoms with Crippen LogP contribution in [0.3, 0.4) is 0 Å². The molecule has 6 heteroatoms. The fourth-order valence-electron chi connectivity index (χ4n) is 1.31. The molecule has 2 heterocycles. The summed E-state index contributed by atoms with van der Waals surface area (Å²) >= 11 is 1.37. The summed E-state index contributed by atoms with van der Waals surface area (Å²) in [5.41, 5.74) is 1.15. The minimum absolute atomic E-state index is 0.147. The van der Waals surface area contributed by atoms with Crippen LogP contribution >= 0.6 is 11.3 Å². The molecule has 0 aliphatic heterocycles. The molecule has 0 bridgehead atoms. The topological polar surface area (TPSA) is 64.0 Å². The van der Waals surface area contributed by atoms with Crippen molar-refractivity contribution in [2.45, 2.75) is 6.92 Å². The summed E-state index contributed by atoms with van der Waals surface area (Å²) in [6, 6.07) is 2.86. The molecular formula is C11H11N3O2S. The van der Waals surface area contributed by atoms with Crippen molar-refractivity contribution in [1.29, 1.82) is 0 Å². The lowest BCUT2D eigenvalue weighted by Crippen LogP contribution is -2.19. The van der Waals surface area contributed by atoms with Gasteiger partial charge >= 0.3 is 0 Å². The van der Waals surface area contributed by atoms with Crippen molar-refractivity contribution in [3.8, 4) is 0 Å². The number of thiazole rings is 1. The highest BCUT2D eigenvalue weighted by atomic mass is 32.1. The largest absolute Gasteiger partial charge is 0.318 e. The Morgan fingerprint density at radius 3 is 2.82 bits per heavy atom. The minimum atomic E-state index is -0.269. The second kappa shape index (κ2) is 4.50. The average molecular weight is 249 g/mol. The molecule has 5 nitrogen and oxygen atoms in total. The Morgan fingerprint density at radius 1 is 1.47 bits per heavy atom. The highest BCUT2D eigenvalue weighted by molar-refractivity contribution is 7.13. The fraction of sp³-hybridized carbons (Fsp3) is 0.182. The molecule has 17 heavy (non-hydrogen) atoms. The summed E-state index contributed by atoms with van der Waals surface area (Å²) in [5.74, 6) is -0.269. The maximum absolute atomic E-state index is 11.8. The Labute approximate surface area is 102 Å². The average Bonchev–Trinajstić information content (AvgIpc) is 2.68. The number of pyridine rings is 1. The van der Waals surface area contributed by atoms with Crippen LogP contribution in [0.2, 0.25) is 0 Å². The van der Waals surface area contributed by atoms with Crippen LogP contribution in [0.1, 0.15) is 16.1 Å². The van der Waals surface area contributed by atoms with Crippen LogP contribution in [0.15, 0.2) is 28.5 Å². The predicted molar refractivity (Wildman–Crippen MR) is 66.5 cm³/mol. The van der Waals surface area contributed by atoms with Crippen molar-refractivity contribution in [3.05, 3.63) is 45.3 Å². The summed E-state index contributed by atoms with van der Waals surface area (Å²) in [6.07, 6.45) is 1.50. The molecule has 1 amide bonds. The normalized spacial score (nSPS) is 10.2. The first kappa shape index (κ1) is 11.5. The van der Waals surface area contributed by atoms with Gasteiger partial charge in [0.05, 0.1) is 11.3 Å². The lowest BCUT2D eigenvalue weighted by Gasteiger charge is -2.03. The van der Waals surface area contributed by atoms with E-state index in [-0.39, 0.29) is 11.5 Å². The molecule has 88 valence electrons. The number of carbonyl (C=O) groups is 1. The van der Waals surface area contributed by atoms with Crippen LogP contribution in [0.4, 0.5) is 5.13 Å². The second-order valence-electron chi connectivity index (χ2n) is 3.62. The molecule has 1 N–H and O–H groups in total. The quantitative estimate of drug-likeness (QED) is 0.875. The Balaban J connectivity index is 2.20. The van der Waals surface area contributed by atoms with Gasteiger partial charge in [-0.25, -0.2) is 4.98 Å². The van der Waals surface area contributed by atoms with Crippen LogP contribution in [-0.2, 0) is 7.05 Å². The number of nitrogens with one attached hydrogen (secondary N) is 1. The summed E-state index contributed by atoms with van der Waals surface area (Å²) in [7, 11) is 1.60. The summed E-state index contributed by atoms with van der Waals surface area (Å²) in [6.45, 7) is 1.86. The zero-order valence-corrected chi connectivity index (χ0v) is 10.2. The van der Waals surface area contributed by atoms with Crippen molar-refractivity contribution in [2.24, 2.45) is 7.05 Å². The molecule has 0 saturated heterocycles. The highest BCUT2D eigenvalue weighted by Crippen LogP contribution is 2.15. The third kappa shape index (κ3) is 2.59. The van der Waals surface area contributed by atoms with Gasteiger partial charge in [-0.05, 0) is 13.0 Å². The van der Waals surface area contributed by atoms with Gasteiger partial charge in [0.25, 0.3) is 5.91 Å². The smallest absolute Gasteiger partial charge is 0.258 e. The molecule has 2 rings (SSSR count). The standard InChI is InChI=1S/C11H11N3O2S/c1-7-6-17-11(12-7)13-10(16)8-3-4-9(15)14(2)5-8/h3-6H,1-2H3,(H,12,13,16). The lowest BCUT2D eigenvalue weighted by molar-refractivity contribution is 0.102. The van der Waals surface area contributed by atoms with Gasteiger partial charge in [0, 0.05) is 24.7 Å². The van der Waals surface area contributed by atoms with Gasteiger partial charge in [-0.1, -0.05) is 0 Å². The number of rotatable bonds is 2. The van der Waals surface area contributed by atoms with E-state index in [2.05, 4.69) is 10.3 Å². The van der Waals surface area contributed by atoms with Crippen LogP contribution < -0.4 is 10.9 Å². The van der Waals surface area contributed by atoms with E-state index in [0.717, 1.165) is 5.69 Å². The fourth-order valence-corrected chi connectivity index (χ4v) is 1.99. The van der Waals surface area contributed by atoms with E-state index in [1.807, 2.05) is 12.3 Å². The van der Waals surface area contributed by atoms with E-state index in [1.54, 1.807) is 7.05 Å². The van der Waals surface area contributed by atoms with Gasteiger partial charge in [-0.3, -0.25) is 14.9 Å². The van der Waals surface area contributed by atoms with Gasteiger partial charge < -0.3 is 4.57 Å². The predicted octanol–water partition coefficient (Wildman–Crippen LogP) is 1.40.